The number of hydrogen-bond donors (Lipinski definition) is 3. The molecule has 0 heterocycles. The van der Waals surface area contributed by atoms with Gasteiger partial charge in [0.05, 0.1) is 13.2 Å². The first-order valence-electron chi connectivity index (χ1n) is 14.1. The maximum atomic E-state index is 14.0. The highest BCUT2D eigenvalue weighted by Crippen LogP contribution is 2.33. The van der Waals surface area contributed by atoms with E-state index in [1.54, 1.807) is 24.1 Å². The quantitative estimate of drug-likeness (QED) is 0.239. The number of nitrogens with one attached hydrogen (secondary N) is 1. The van der Waals surface area contributed by atoms with E-state index in [2.05, 4.69) is 11.2 Å². The van der Waals surface area contributed by atoms with Crippen molar-refractivity contribution in [1.29, 1.82) is 0 Å². The van der Waals surface area contributed by atoms with Crippen molar-refractivity contribution < 1.29 is 19.4 Å². The average molecular weight is 556 g/mol. The molecule has 3 aromatic rings. The minimum atomic E-state index is -0.951. The van der Waals surface area contributed by atoms with E-state index in [1.807, 2.05) is 68.4 Å². The Bertz CT molecular complexity index is 1340. The minimum Gasteiger partial charge on any atom is -0.497 e. The fourth-order valence-corrected chi connectivity index (χ4v) is 5.13. The first-order valence-corrected chi connectivity index (χ1v) is 14.1. The van der Waals surface area contributed by atoms with E-state index in [9.17, 15) is 14.7 Å². The monoisotopic (exact) mass is 555 g/mol. The van der Waals surface area contributed by atoms with Crippen molar-refractivity contribution in [2.45, 2.75) is 51.7 Å². The van der Waals surface area contributed by atoms with Gasteiger partial charge >= 0.3 is 0 Å². The van der Waals surface area contributed by atoms with E-state index in [1.165, 1.54) is 0 Å². The molecule has 41 heavy (non-hydrogen) atoms. The fraction of sp³-hybridized carbons (Fsp3) is 0.353. The molecule has 0 unspecified atom stereocenters. The Labute approximate surface area is 243 Å². The van der Waals surface area contributed by atoms with Crippen molar-refractivity contribution in [1.82, 2.24) is 10.2 Å². The largest absolute Gasteiger partial charge is 0.497 e. The smallest absolute Gasteiger partial charge is 0.254 e. The van der Waals surface area contributed by atoms with Crippen LogP contribution in [0, 0.1) is 12.3 Å². The minimum absolute atomic E-state index is 0.157. The highest BCUT2D eigenvalue weighted by atomic mass is 16.5. The number of aliphatic hydroxyl groups is 1. The van der Waals surface area contributed by atoms with Crippen LogP contribution in [0.15, 0.2) is 66.7 Å². The molecular formula is C34H41N3O4. The van der Waals surface area contributed by atoms with Crippen molar-refractivity contribution in [2.24, 2.45) is 5.73 Å². The lowest BCUT2D eigenvalue weighted by Gasteiger charge is -2.30. The van der Waals surface area contributed by atoms with Crippen molar-refractivity contribution >= 4 is 11.8 Å². The van der Waals surface area contributed by atoms with Crippen LogP contribution in [0.1, 0.15) is 75.6 Å². The molecule has 0 saturated heterocycles. The SMILES string of the molecule is C#Cc1cc(C(N)=O)c([C@H](Cc2ccccc2)[C@@H](O)CNCc2cccc(OC)c2)c(C(=O)N(CCC)CCC)c1. The standard InChI is InChI=1S/C34H41N3O4/c1-5-16-37(17-6-2)34(40)30-20-24(7-3)19-29(33(35)39)32(30)28(21-25-12-9-8-10-13-25)31(38)23-36-22-26-14-11-15-27(18-26)41-4/h3,8-15,18-20,28,31,36,38H,5-6,16-17,21-23H2,1-2,4H3,(H2,35,39)/t28-,31+/m1/s1. The zero-order valence-corrected chi connectivity index (χ0v) is 24.2. The molecule has 216 valence electrons. The molecule has 7 heteroatoms. The molecule has 0 aliphatic rings. The van der Waals surface area contributed by atoms with E-state index in [0.717, 1.165) is 29.7 Å². The van der Waals surface area contributed by atoms with E-state index in [-0.39, 0.29) is 18.0 Å². The predicted octanol–water partition coefficient (Wildman–Crippen LogP) is 4.51. The molecule has 0 spiro atoms. The second-order valence-electron chi connectivity index (χ2n) is 10.1. The predicted molar refractivity (Wildman–Crippen MR) is 163 cm³/mol. The Kier molecular flexibility index (Phi) is 12.0. The van der Waals surface area contributed by atoms with E-state index in [0.29, 0.717) is 42.7 Å². The molecule has 0 aliphatic heterocycles. The molecule has 7 nitrogen and oxygen atoms in total. The summed E-state index contributed by atoms with van der Waals surface area (Å²) in [6.45, 7) is 5.86. The van der Waals surface area contributed by atoms with Crippen LogP contribution in [0.5, 0.6) is 5.75 Å². The molecule has 3 aromatic carbocycles. The van der Waals surface area contributed by atoms with Gasteiger partial charge in [-0.05, 0) is 60.2 Å². The number of terminal acetylenes is 1. The molecule has 0 bridgehead atoms. The van der Waals surface area contributed by atoms with Gasteiger partial charge in [-0.1, -0.05) is 62.2 Å². The lowest BCUT2D eigenvalue weighted by atomic mass is 9.80. The molecule has 2 atom stereocenters. The van der Waals surface area contributed by atoms with Crippen LogP contribution in [-0.2, 0) is 13.0 Å². The van der Waals surface area contributed by atoms with Crippen LogP contribution in [0.2, 0.25) is 0 Å². The van der Waals surface area contributed by atoms with Crippen LogP contribution in [0.4, 0.5) is 0 Å². The number of amides is 2. The molecule has 3 rings (SSSR count). The summed E-state index contributed by atoms with van der Waals surface area (Å²) < 4.78 is 5.32. The second-order valence-corrected chi connectivity index (χ2v) is 10.1. The van der Waals surface area contributed by atoms with Gasteiger partial charge in [0.15, 0.2) is 0 Å². The van der Waals surface area contributed by atoms with Crippen LogP contribution >= 0.6 is 0 Å². The van der Waals surface area contributed by atoms with Crippen molar-refractivity contribution in [2.75, 3.05) is 26.7 Å². The maximum absolute atomic E-state index is 14.0. The summed E-state index contributed by atoms with van der Waals surface area (Å²) in [6.07, 6.45) is 6.74. The summed E-state index contributed by atoms with van der Waals surface area (Å²) in [5, 5.41) is 15.0. The summed E-state index contributed by atoms with van der Waals surface area (Å²) in [6, 6.07) is 20.6. The molecular weight excluding hydrogens is 514 g/mol. The topological polar surface area (TPSA) is 105 Å². The molecule has 0 aromatic heterocycles. The van der Waals surface area contributed by atoms with Gasteiger partial charge in [0.1, 0.15) is 5.75 Å². The van der Waals surface area contributed by atoms with E-state index >= 15 is 0 Å². The molecule has 0 fully saturated rings. The number of benzene rings is 3. The number of hydrogen-bond acceptors (Lipinski definition) is 5. The average Bonchev–Trinajstić information content (AvgIpc) is 2.99. The Balaban J connectivity index is 2.08. The Morgan fingerprint density at radius 3 is 2.27 bits per heavy atom. The van der Waals surface area contributed by atoms with Crippen molar-refractivity contribution in [3.8, 4) is 18.1 Å². The van der Waals surface area contributed by atoms with Crippen LogP contribution in [0.3, 0.4) is 0 Å². The Hall–Kier alpha value is -4.12. The number of aliphatic hydroxyl groups excluding tert-OH is 1. The van der Waals surface area contributed by atoms with Gasteiger partial charge in [-0.3, -0.25) is 9.59 Å². The van der Waals surface area contributed by atoms with E-state index in [4.69, 9.17) is 16.9 Å². The number of rotatable bonds is 15. The summed E-state index contributed by atoms with van der Waals surface area (Å²) in [7, 11) is 1.62. The molecule has 4 N–H and O–H groups in total. The van der Waals surface area contributed by atoms with Gasteiger partial charge in [-0.2, -0.15) is 0 Å². The number of carbonyl (C=O) groups excluding carboxylic acids is 2. The third-order valence-electron chi connectivity index (χ3n) is 7.07. The summed E-state index contributed by atoms with van der Waals surface area (Å²) in [4.78, 5) is 28.6. The zero-order valence-electron chi connectivity index (χ0n) is 24.2. The van der Waals surface area contributed by atoms with Crippen molar-refractivity contribution in [3.05, 3.63) is 100 Å². The van der Waals surface area contributed by atoms with Crippen LogP contribution in [-0.4, -0.2) is 54.7 Å². The van der Waals surface area contributed by atoms with Gasteiger partial charge in [-0.15, -0.1) is 6.42 Å². The number of carbonyl (C=O) groups is 2. The third-order valence-corrected chi connectivity index (χ3v) is 7.07. The van der Waals surface area contributed by atoms with Crippen molar-refractivity contribution in [3.63, 3.8) is 0 Å². The summed E-state index contributed by atoms with van der Waals surface area (Å²) in [5.74, 6) is 1.77. The van der Waals surface area contributed by atoms with E-state index < -0.39 is 17.9 Å². The number of primary amides is 1. The lowest BCUT2D eigenvalue weighted by Crippen LogP contribution is -2.37. The molecule has 2 amide bonds. The second kappa shape index (κ2) is 15.6. The first kappa shape index (κ1) is 31.4. The summed E-state index contributed by atoms with van der Waals surface area (Å²) >= 11 is 0. The highest BCUT2D eigenvalue weighted by molar-refractivity contribution is 6.02. The first-order chi connectivity index (χ1) is 19.8. The zero-order chi connectivity index (χ0) is 29.8. The summed E-state index contributed by atoms with van der Waals surface area (Å²) in [5.41, 5.74) is 9.14. The molecule has 0 aliphatic carbocycles. The van der Waals surface area contributed by atoms with Crippen LogP contribution in [0.25, 0.3) is 0 Å². The third kappa shape index (κ3) is 8.43. The normalized spacial score (nSPS) is 12.3. The fourth-order valence-electron chi connectivity index (χ4n) is 5.13. The van der Waals surface area contributed by atoms with Gasteiger partial charge < -0.3 is 25.8 Å². The van der Waals surface area contributed by atoms with Gasteiger partial charge in [-0.25, -0.2) is 0 Å². The molecule has 0 radical (unpaired) electrons. The highest BCUT2D eigenvalue weighted by Gasteiger charge is 2.32. The number of nitrogens with zero attached hydrogens (tertiary/aromatic N) is 1. The van der Waals surface area contributed by atoms with Gasteiger partial charge in [0.2, 0.25) is 5.91 Å². The number of nitrogens with two attached hydrogens (primary N) is 1. The lowest BCUT2D eigenvalue weighted by molar-refractivity contribution is 0.0751. The van der Waals surface area contributed by atoms with Gasteiger partial charge in [0.25, 0.3) is 5.91 Å². The Morgan fingerprint density at radius 2 is 1.66 bits per heavy atom. The van der Waals surface area contributed by atoms with Gasteiger partial charge in [0, 0.05) is 48.8 Å². The number of methoxy groups -OCH3 is 1. The molecule has 0 saturated carbocycles. The van der Waals surface area contributed by atoms with Crippen LogP contribution < -0.4 is 15.8 Å². The maximum Gasteiger partial charge on any atom is 0.254 e. The Morgan fingerprint density at radius 1 is 1.00 bits per heavy atom. The number of ether oxygens (including phenoxy) is 1.